The molecule has 0 heterocycles. The molecule has 2 aliphatic rings. The minimum atomic E-state index is 0.745. The highest BCUT2D eigenvalue weighted by Gasteiger charge is 2.21. The Kier molecular flexibility index (Phi) is 4.85. The van der Waals surface area contributed by atoms with Gasteiger partial charge in [0.05, 0.1) is 0 Å². The van der Waals surface area contributed by atoms with E-state index < -0.39 is 0 Å². The van der Waals surface area contributed by atoms with E-state index in [1.807, 2.05) is 0 Å². The molecule has 0 aliphatic heterocycles. The molecule has 0 amide bonds. The van der Waals surface area contributed by atoms with Crippen LogP contribution in [0, 0.1) is 23.7 Å². The molecule has 1 nitrogen and oxygen atoms in total. The Bertz CT molecular complexity index is 251. The average Bonchev–Trinajstić information content (AvgIpc) is 2.34. The molecule has 1 heteroatoms. The van der Waals surface area contributed by atoms with Gasteiger partial charge >= 0.3 is 0 Å². The molecular formula is C16H26O. The van der Waals surface area contributed by atoms with E-state index in [1.165, 1.54) is 25.7 Å². The Morgan fingerprint density at radius 2 is 1.18 bits per heavy atom. The van der Waals surface area contributed by atoms with E-state index in [-0.39, 0.29) is 0 Å². The first-order chi connectivity index (χ1) is 8.27. The Labute approximate surface area is 106 Å². The lowest BCUT2D eigenvalue weighted by Gasteiger charge is -2.28. The smallest absolute Gasteiger partial charge is 0.0500 e. The molecule has 2 aliphatic carbocycles. The minimum Gasteiger partial charge on any atom is -0.381 e. The van der Waals surface area contributed by atoms with E-state index in [4.69, 9.17) is 4.74 Å². The van der Waals surface area contributed by atoms with Gasteiger partial charge in [-0.3, -0.25) is 0 Å². The molecule has 0 radical (unpaired) electrons. The Balaban J connectivity index is 1.68. The zero-order valence-electron chi connectivity index (χ0n) is 11.3. The molecule has 0 aromatic carbocycles. The normalized spacial score (nSPS) is 37.3. The van der Waals surface area contributed by atoms with Gasteiger partial charge in [-0.15, -0.1) is 0 Å². The van der Waals surface area contributed by atoms with Gasteiger partial charge in [0.25, 0.3) is 0 Å². The molecule has 0 aromatic rings. The first-order valence-electron chi connectivity index (χ1n) is 7.15. The van der Waals surface area contributed by atoms with Gasteiger partial charge in [0, 0.05) is 13.2 Å². The summed E-state index contributed by atoms with van der Waals surface area (Å²) in [6.45, 7) is 6.61. The van der Waals surface area contributed by atoms with Crippen molar-refractivity contribution in [2.45, 2.75) is 39.5 Å². The van der Waals surface area contributed by atoms with Crippen molar-refractivity contribution in [1.29, 1.82) is 0 Å². The topological polar surface area (TPSA) is 9.23 Å². The third-order valence-electron chi connectivity index (χ3n) is 4.50. The summed E-state index contributed by atoms with van der Waals surface area (Å²) in [6.07, 6.45) is 14.2. The summed E-state index contributed by atoms with van der Waals surface area (Å²) >= 11 is 0. The number of hydrogen-bond donors (Lipinski definition) is 0. The molecule has 0 saturated heterocycles. The zero-order valence-corrected chi connectivity index (χ0v) is 11.3. The fraction of sp³-hybridized carbons (Fsp3) is 0.750. The van der Waals surface area contributed by atoms with Crippen LogP contribution < -0.4 is 0 Å². The van der Waals surface area contributed by atoms with Gasteiger partial charge in [0.15, 0.2) is 0 Å². The number of hydrogen-bond acceptors (Lipinski definition) is 1. The van der Waals surface area contributed by atoms with Crippen LogP contribution in [0.5, 0.6) is 0 Å². The molecule has 0 fully saturated rings. The van der Waals surface area contributed by atoms with Crippen LogP contribution in [0.15, 0.2) is 24.3 Å². The number of allylic oxidation sites excluding steroid dienone is 4. The molecule has 17 heavy (non-hydrogen) atoms. The maximum atomic E-state index is 5.99. The molecule has 0 bridgehead atoms. The molecule has 0 aromatic heterocycles. The van der Waals surface area contributed by atoms with Crippen LogP contribution in [0.3, 0.4) is 0 Å². The fourth-order valence-corrected chi connectivity index (χ4v) is 2.85. The second-order valence-corrected chi connectivity index (χ2v) is 5.90. The lowest BCUT2D eigenvalue weighted by Crippen LogP contribution is -2.24. The summed E-state index contributed by atoms with van der Waals surface area (Å²) in [5.41, 5.74) is 0. The van der Waals surface area contributed by atoms with Crippen molar-refractivity contribution < 1.29 is 4.74 Å². The Morgan fingerprint density at radius 1 is 0.765 bits per heavy atom. The molecule has 2 rings (SSSR count). The van der Waals surface area contributed by atoms with E-state index in [9.17, 15) is 0 Å². The summed E-state index contributed by atoms with van der Waals surface area (Å²) in [6, 6.07) is 0. The van der Waals surface area contributed by atoms with E-state index in [1.54, 1.807) is 0 Å². The summed E-state index contributed by atoms with van der Waals surface area (Å²) in [5.74, 6) is 3.08. The Morgan fingerprint density at radius 3 is 1.59 bits per heavy atom. The van der Waals surface area contributed by atoms with Gasteiger partial charge in [-0.05, 0) is 49.4 Å². The highest BCUT2D eigenvalue weighted by molar-refractivity contribution is 4.94. The van der Waals surface area contributed by atoms with Crippen molar-refractivity contribution in [3.05, 3.63) is 24.3 Å². The molecule has 96 valence electrons. The van der Waals surface area contributed by atoms with Gasteiger partial charge in [0.1, 0.15) is 0 Å². The maximum absolute atomic E-state index is 5.99. The lowest BCUT2D eigenvalue weighted by molar-refractivity contribution is 0.0418. The Hall–Kier alpha value is -0.560. The van der Waals surface area contributed by atoms with E-state index in [0.717, 1.165) is 36.9 Å². The minimum absolute atomic E-state index is 0.745. The van der Waals surface area contributed by atoms with Crippen LogP contribution in [0.1, 0.15) is 39.5 Å². The molecule has 0 spiro atoms. The zero-order chi connectivity index (χ0) is 12.1. The standard InChI is InChI=1S/C16H26O/c1-13-7-3-5-9-15(13)11-17-12-16-10-6-4-8-14(16)2/h3-6,13-16H,7-12H2,1-2H3. The highest BCUT2D eigenvalue weighted by Crippen LogP contribution is 2.27. The SMILES string of the molecule is CC1CC=CCC1COCC1CC=CCC1C. The first kappa shape index (κ1) is 12.9. The van der Waals surface area contributed by atoms with E-state index in [0.29, 0.717) is 0 Å². The molecule has 4 atom stereocenters. The van der Waals surface area contributed by atoms with E-state index >= 15 is 0 Å². The maximum Gasteiger partial charge on any atom is 0.0500 e. The first-order valence-corrected chi connectivity index (χ1v) is 7.15. The number of rotatable bonds is 4. The predicted molar refractivity (Wildman–Crippen MR) is 72.9 cm³/mol. The molecule has 0 N–H and O–H groups in total. The van der Waals surface area contributed by atoms with Crippen molar-refractivity contribution in [3.8, 4) is 0 Å². The van der Waals surface area contributed by atoms with Gasteiger partial charge in [-0.25, -0.2) is 0 Å². The monoisotopic (exact) mass is 234 g/mol. The fourth-order valence-electron chi connectivity index (χ4n) is 2.85. The van der Waals surface area contributed by atoms with Crippen LogP contribution in [0.4, 0.5) is 0 Å². The molecule has 4 unspecified atom stereocenters. The van der Waals surface area contributed by atoms with Crippen molar-refractivity contribution >= 4 is 0 Å². The third kappa shape index (κ3) is 3.70. The quantitative estimate of drug-likeness (QED) is 0.662. The summed E-state index contributed by atoms with van der Waals surface area (Å²) in [7, 11) is 0. The van der Waals surface area contributed by atoms with Crippen LogP contribution in [-0.2, 0) is 4.74 Å². The predicted octanol–water partition coefficient (Wildman–Crippen LogP) is 4.21. The van der Waals surface area contributed by atoms with Crippen LogP contribution in [-0.4, -0.2) is 13.2 Å². The second kappa shape index (κ2) is 6.39. The van der Waals surface area contributed by atoms with Gasteiger partial charge in [0.2, 0.25) is 0 Å². The lowest BCUT2D eigenvalue weighted by atomic mass is 9.84. The van der Waals surface area contributed by atoms with Crippen molar-refractivity contribution in [1.82, 2.24) is 0 Å². The molecular weight excluding hydrogens is 208 g/mol. The second-order valence-electron chi connectivity index (χ2n) is 5.90. The summed E-state index contributed by atoms with van der Waals surface area (Å²) in [5, 5.41) is 0. The van der Waals surface area contributed by atoms with Crippen molar-refractivity contribution in [2.24, 2.45) is 23.7 Å². The van der Waals surface area contributed by atoms with E-state index in [2.05, 4.69) is 38.2 Å². The molecule has 0 saturated carbocycles. The van der Waals surface area contributed by atoms with Gasteiger partial charge < -0.3 is 4.74 Å². The largest absolute Gasteiger partial charge is 0.381 e. The number of ether oxygens (including phenoxy) is 1. The van der Waals surface area contributed by atoms with Gasteiger partial charge in [-0.1, -0.05) is 38.2 Å². The van der Waals surface area contributed by atoms with Crippen molar-refractivity contribution in [3.63, 3.8) is 0 Å². The van der Waals surface area contributed by atoms with Crippen LogP contribution >= 0.6 is 0 Å². The van der Waals surface area contributed by atoms with Crippen LogP contribution in [0.2, 0.25) is 0 Å². The average molecular weight is 234 g/mol. The van der Waals surface area contributed by atoms with Crippen LogP contribution in [0.25, 0.3) is 0 Å². The van der Waals surface area contributed by atoms with Crippen molar-refractivity contribution in [2.75, 3.05) is 13.2 Å². The summed E-state index contributed by atoms with van der Waals surface area (Å²) < 4.78 is 5.99. The summed E-state index contributed by atoms with van der Waals surface area (Å²) in [4.78, 5) is 0. The third-order valence-corrected chi connectivity index (χ3v) is 4.50. The van der Waals surface area contributed by atoms with Gasteiger partial charge in [-0.2, -0.15) is 0 Å². The highest BCUT2D eigenvalue weighted by atomic mass is 16.5.